The molecule has 5 nitrogen and oxygen atoms in total. The number of benzene rings is 2. The first-order valence-electron chi connectivity index (χ1n) is 11.1. The molecule has 186 valence electrons. The lowest BCUT2D eigenvalue weighted by molar-refractivity contribution is -0.137. The highest BCUT2D eigenvalue weighted by Crippen LogP contribution is 2.36. The lowest BCUT2D eigenvalue weighted by Gasteiger charge is -2.16. The number of nitrogens with zero attached hydrogens (tertiary/aromatic N) is 2. The summed E-state index contributed by atoms with van der Waals surface area (Å²) in [6.07, 6.45) is -4.40. The van der Waals surface area contributed by atoms with Crippen molar-refractivity contribution in [1.82, 2.24) is 9.55 Å². The number of alkyl halides is 3. The lowest BCUT2D eigenvalue weighted by Crippen LogP contribution is -2.10. The number of pyridine rings is 1. The van der Waals surface area contributed by atoms with Gasteiger partial charge in [0.1, 0.15) is 18.2 Å². The molecule has 0 spiro atoms. The van der Waals surface area contributed by atoms with Crippen molar-refractivity contribution in [3.8, 4) is 22.8 Å². The molecule has 0 aliphatic rings. The summed E-state index contributed by atoms with van der Waals surface area (Å²) in [7, 11) is 0. The quantitative estimate of drug-likeness (QED) is 0.243. The number of halogens is 4. The Morgan fingerprint density at radius 2 is 1.78 bits per heavy atom. The SMILES string of the molecule is CCOC(=O)c1cccc(-n2c(C)ccc2-c2cc(Cl)ccc2OCc2ccc(C(F)(F)F)cc2)n1. The summed E-state index contributed by atoms with van der Waals surface area (Å²) in [6, 6.07) is 18.8. The standard InChI is InChI=1S/C27H22ClF3N2O3/c1-3-35-26(34)22-5-4-6-25(32-22)33-17(2)7-13-23(33)21-15-20(28)12-14-24(21)36-16-18-8-10-19(11-9-18)27(29,30)31/h4-15H,3,16H2,1-2H3. The minimum Gasteiger partial charge on any atom is -0.488 e. The fourth-order valence-electron chi connectivity index (χ4n) is 3.70. The Hall–Kier alpha value is -3.78. The summed E-state index contributed by atoms with van der Waals surface area (Å²) in [5.74, 6) is 0.473. The Bertz CT molecular complexity index is 1380. The van der Waals surface area contributed by atoms with Gasteiger partial charge in [0, 0.05) is 16.3 Å². The van der Waals surface area contributed by atoms with Gasteiger partial charge in [-0.3, -0.25) is 4.57 Å². The molecule has 2 aromatic carbocycles. The molecular weight excluding hydrogens is 493 g/mol. The Morgan fingerprint density at radius 3 is 2.47 bits per heavy atom. The van der Waals surface area contributed by atoms with Gasteiger partial charge >= 0.3 is 12.1 Å². The minimum absolute atomic E-state index is 0.0586. The van der Waals surface area contributed by atoms with E-state index < -0.39 is 17.7 Å². The fourth-order valence-corrected chi connectivity index (χ4v) is 3.87. The van der Waals surface area contributed by atoms with Crippen molar-refractivity contribution in [2.24, 2.45) is 0 Å². The van der Waals surface area contributed by atoms with Gasteiger partial charge < -0.3 is 9.47 Å². The highest BCUT2D eigenvalue weighted by molar-refractivity contribution is 6.31. The Labute approximate surface area is 211 Å². The fraction of sp³-hybridized carbons (Fsp3) is 0.185. The molecule has 0 saturated heterocycles. The zero-order valence-corrected chi connectivity index (χ0v) is 20.2. The topological polar surface area (TPSA) is 53.4 Å². The number of hydrogen-bond acceptors (Lipinski definition) is 4. The lowest BCUT2D eigenvalue weighted by atomic mass is 10.1. The van der Waals surface area contributed by atoms with Crippen LogP contribution in [-0.2, 0) is 17.5 Å². The second-order valence-electron chi connectivity index (χ2n) is 7.92. The molecule has 36 heavy (non-hydrogen) atoms. The second kappa shape index (κ2) is 10.5. The van der Waals surface area contributed by atoms with Crippen LogP contribution >= 0.6 is 11.6 Å². The van der Waals surface area contributed by atoms with Gasteiger partial charge in [0.15, 0.2) is 5.69 Å². The van der Waals surface area contributed by atoms with E-state index in [2.05, 4.69) is 4.98 Å². The highest BCUT2D eigenvalue weighted by atomic mass is 35.5. The molecule has 4 aromatic rings. The number of aryl methyl sites for hydroxylation is 1. The number of rotatable bonds is 7. The molecule has 4 rings (SSSR count). The average Bonchev–Trinajstić information content (AvgIpc) is 3.24. The van der Waals surface area contributed by atoms with Crippen LogP contribution in [0, 0.1) is 6.92 Å². The van der Waals surface area contributed by atoms with E-state index in [0.717, 1.165) is 17.8 Å². The van der Waals surface area contributed by atoms with E-state index in [1.54, 1.807) is 43.3 Å². The molecule has 2 aromatic heterocycles. The van der Waals surface area contributed by atoms with E-state index in [4.69, 9.17) is 21.1 Å². The van der Waals surface area contributed by atoms with Crippen LogP contribution in [-0.4, -0.2) is 22.1 Å². The van der Waals surface area contributed by atoms with Gasteiger partial charge in [-0.05, 0) is 74.0 Å². The third-order valence-electron chi connectivity index (χ3n) is 5.42. The maximum atomic E-state index is 12.9. The van der Waals surface area contributed by atoms with E-state index in [1.807, 2.05) is 23.6 Å². The van der Waals surface area contributed by atoms with Crippen molar-refractivity contribution >= 4 is 17.6 Å². The van der Waals surface area contributed by atoms with Crippen LogP contribution in [0.4, 0.5) is 13.2 Å². The Morgan fingerprint density at radius 1 is 1.03 bits per heavy atom. The van der Waals surface area contributed by atoms with E-state index in [-0.39, 0.29) is 18.9 Å². The van der Waals surface area contributed by atoms with Crippen LogP contribution in [0.3, 0.4) is 0 Å². The van der Waals surface area contributed by atoms with Crippen LogP contribution in [0.2, 0.25) is 5.02 Å². The molecule has 0 aliphatic heterocycles. The zero-order chi connectivity index (χ0) is 25.9. The first-order chi connectivity index (χ1) is 17.2. The van der Waals surface area contributed by atoms with Gasteiger partial charge in [-0.1, -0.05) is 29.8 Å². The van der Waals surface area contributed by atoms with Gasteiger partial charge in [-0.15, -0.1) is 0 Å². The molecule has 0 bridgehead atoms. The van der Waals surface area contributed by atoms with Gasteiger partial charge in [0.2, 0.25) is 0 Å². The molecule has 0 fully saturated rings. The monoisotopic (exact) mass is 514 g/mol. The number of esters is 1. The third kappa shape index (κ3) is 5.54. The first-order valence-corrected chi connectivity index (χ1v) is 11.5. The van der Waals surface area contributed by atoms with E-state index >= 15 is 0 Å². The smallest absolute Gasteiger partial charge is 0.416 e. The summed E-state index contributed by atoms with van der Waals surface area (Å²) < 4.78 is 51.5. The molecule has 0 amide bonds. The number of carbonyl (C=O) groups excluding carboxylic acids is 1. The molecule has 0 saturated carbocycles. The van der Waals surface area contributed by atoms with E-state index in [0.29, 0.717) is 33.4 Å². The normalized spacial score (nSPS) is 11.4. The average molecular weight is 515 g/mol. The van der Waals surface area contributed by atoms with Crippen molar-refractivity contribution in [2.45, 2.75) is 26.6 Å². The number of ether oxygens (including phenoxy) is 2. The molecule has 0 atom stereocenters. The van der Waals surface area contributed by atoms with E-state index in [9.17, 15) is 18.0 Å². The molecule has 2 heterocycles. The van der Waals surface area contributed by atoms with Gasteiger partial charge in [0.05, 0.1) is 17.9 Å². The zero-order valence-electron chi connectivity index (χ0n) is 19.5. The minimum atomic E-state index is -4.40. The maximum Gasteiger partial charge on any atom is 0.416 e. The van der Waals surface area contributed by atoms with Crippen LogP contribution in [0.15, 0.2) is 72.8 Å². The molecular formula is C27H22ClF3N2O3. The van der Waals surface area contributed by atoms with Crippen molar-refractivity contribution in [2.75, 3.05) is 6.61 Å². The van der Waals surface area contributed by atoms with Crippen LogP contribution in [0.5, 0.6) is 5.75 Å². The van der Waals surface area contributed by atoms with Gasteiger partial charge in [0.25, 0.3) is 0 Å². The third-order valence-corrected chi connectivity index (χ3v) is 5.65. The largest absolute Gasteiger partial charge is 0.488 e. The summed E-state index contributed by atoms with van der Waals surface area (Å²) in [4.78, 5) is 16.7. The molecule has 0 N–H and O–H groups in total. The van der Waals surface area contributed by atoms with E-state index in [1.165, 1.54) is 12.1 Å². The van der Waals surface area contributed by atoms with Gasteiger partial charge in [-0.2, -0.15) is 13.2 Å². The molecule has 0 radical (unpaired) electrons. The van der Waals surface area contributed by atoms with Crippen LogP contribution < -0.4 is 4.74 Å². The highest BCUT2D eigenvalue weighted by Gasteiger charge is 2.30. The number of carbonyl (C=O) groups is 1. The summed E-state index contributed by atoms with van der Waals surface area (Å²) in [5.41, 5.74) is 2.27. The van der Waals surface area contributed by atoms with Crippen molar-refractivity contribution in [3.63, 3.8) is 0 Å². The second-order valence-corrected chi connectivity index (χ2v) is 8.36. The molecule has 0 aliphatic carbocycles. The number of hydrogen-bond donors (Lipinski definition) is 0. The summed E-state index contributed by atoms with van der Waals surface area (Å²) >= 11 is 6.30. The maximum absolute atomic E-state index is 12.9. The van der Waals surface area contributed by atoms with Crippen molar-refractivity contribution < 1.29 is 27.4 Å². The predicted octanol–water partition coefficient (Wildman–Crippen LogP) is 7.28. The first kappa shape index (κ1) is 25.3. The van der Waals surface area contributed by atoms with Gasteiger partial charge in [-0.25, -0.2) is 9.78 Å². The molecule has 9 heteroatoms. The Balaban J connectivity index is 1.67. The summed E-state index contributed by atoms with van der Waals surface area (Å²) in [5, 5.41) is 0.477. The van der Waals surface area contributed by atoms with Crippen molar-refractivity contribution in [1.29, 1.82) is 0 Å². The van der Waals surface area contributed by atoms with Crippen molar-refractivity contribution in [3.05, 3.63) is 100 Å². The Kier molecular flexibility index (Phi) is 7.35. The predicted molar refractivity (Wildman–Crippen MR) is 130 cm³/mol. The summed E-state index contributed by atoms with van der Waals surface area (Å²) in [6.45, 7) is 3.92. The van der Waals surface area contributed by atoms with Crippen LogP contribution in [0.1, 0.15) is 34.2 Å². The molecule has 0 unspecified atom stereocenters. The van der Waals surface area contributed by atoms with Crippen LogP contribution in [0.25, 0.3) is 17.1 Å². The number of aromatic nitrogens is 2.